The van der Waals surface area contributed by atoms with Crippen LogP contribution in [0.3, 0.4) is 0 Å². The van der Waals surface area contributed by atoms with Gasteiger partial charge in [-0.15, -0.1) is 0 Å². The maximum atomic E-state index is 12.3. The topological polar surface area (TPSA) is 41.6 Å². The van der Waals surface area contributed by atoms with Gasteiger partial charge in [-0.2, -0.15) is 0 Å². The van der Waals surface area contributed by atoms with Crippen LogP contribution in [0, 0.1) is 6.92 Å². The van der Waals surface area contributed by atoms with Crippen LogP contribution < -0.4 is 15.0 Å². The second kappa shape index (κ2) is 8.47. The Bertz CT molecular complexity index is 923. The molecule has 27 heavy (non-hydrogen) atoms. The van der Waals surface area contributed by atoms with Crippen molar-refractivity contribution < 1.29 is 9.53 Å². The van der Waals surface area contributed by atoms with Crippen LogP contribution in [0.4, 0.5) is 11.4 Å². The number of aryl methyl sites for hydroxylation is 1. The van der Waals surface area contributed by atoms with Crippen LogP contribution in [0.25, 0.3) is 0 Å². The Morgan fingerprint density at radius 2 is 1.56 bits per heavy atom. The molecule has 3 aromatic rings. The number of benzene rings is 3. The standard InChI is InChI=1S/C22H20N2O2S/c1-16-8-12-18(13-9-16)23-21(25)17-10-14-20(15-11-17)26-22(27)24(2)19-6-4-3-5-7-19/h3-15H,1-2H3,(H,23,25). The van der Waals surface area contributed by atoms with Crippen LogP contribution in [-0.4, -0.2) is 18.1 Å². The van der Waals surface area contributed by atoms with Gasteiger partial charge in [-0.05, 0) is 67.7 Å². The van der Waals surface area contributed by atoms with Gasteiger partial charge < -0.3 is 15.0 Å². The highest BCUT2D eigenvalue weighted by atomic mass is 32.1. The average Bonchev–Trinajstić information content (AvgIpc) is 2.70. The second-order valence-electron chi connectivity index (χ2n) is 6.11. The van der Waals surface area contributed by atoms with Crippen molar-refractivity contribution in [3.8, 4) is 5.75 Å². The lowest BCUT2D eigenvalue weighted by Crippen LogP contribution is -2.29. The fraction of sp³-hybridized carbons (Fsp3) is 0.0909. The summed E-state index contributed by atoms with van der Waals surface area (Å²) in [5, 5.41) is 3.20. The van der Waals surface area contributed by atoms with Gasteiger partial charge in [-0.25, -0.2) is 0 Å². The lowest BCUT2D eigenvalue weighted by atomic mass is 10.2. The fourth-order valence-electron chi connectivity index (χ4n) is 2.44. The molecule has 0 spiro atoms. The summed E-state index contributed by atoms with van der Waals surface area (Å²) < 4.78 is 5.72. The number of thiocarbonyl (C=S) groups is 1. The zero-order chi connectivity index (χ0) is 19.2. The molecule has 4 nitrogen and oxygen atoms in total. The zero-order valence-electron chi connectivity index (χ0n) is 15.2. The van der Waals surface area contributed by atoms with Crippen molar-refractivity contribution in [2.75, 3.05) is 17.3 Å². The molecule has 0 heterocycles. The number of nitrogens with zero attached hydrogens (tertiary/aromatic N) is 1. The molecule has 0 atom stereocenters. The summed E-state index contributed by atoms with van der Waals surface area (Å²) in [7, 11) is 1.85. The van der Waals surface area contributed by atoms with Gasteiger partial charge in [0, 0.05) is 24.0 Å². The van der Waals surface area contributed by atoms with Crippen LogP contribution in [0.15, 0.2) is 78.9 Å². The lowest BCUT2D eigenvalue weighted by Gasteiger charge is -2.19. The van der Waals surface area contributed by atoms with Crippen LogP contribution >= 0.6 is 12.2 Å². The largest absolute Gasteiger partial charge is 0.432 e. The molecule has 5 heteroatoms. The maximum Gasteiger partial charge on any atom is 0.269 e. The highest BCUT2D eigenvalue weighted by molar-refractivity contribution is 7.80. The molecular weight excluding hydrogens is 356 g/mol. The van der Waals surface area contributed by atoms with Gasteiger partial charge in [0.15, 0.2) is 0 Å². The van der Waals surface area contributed by atoms with E-state index in [2.05, 4.69) is 5.32 Å². The molecular formula is C22H20N2O2S. The van der Waals surface area contributed by atoms with Gasteiger partial charge in [-0.3, -0.25) is 4.79 Å². The quantitative estimate of drug-likeness (QED) is 0.647. The Morgan fingerprint density at radius 1 is 0.926 bits per heavy atom. The van der Waals surface area contributed by atoms with Gasteiger partial charge >= 0.3 is 0 Å². The molecule has 0 radical (unpaired) electrons. The number of nitrogens with one attached hydrogen (secondary N) is 1. The van der Waals surface area contributed by atoms with Gasteiger partial charge in [0.25, 0.3) is 11.1 Å². The van der Waals surface area contributed by atoms with E-state index in [1.54, 1.807) is 29.2 Å². The van der Waals surface area contributed by atoms with E-state index in [9.17, 15) is 4.79 Å². The first-order chi connectivity index (χ1) is 13.0. The van der Waals surface area contributed by atoms with Crippen molar-refractivity contribution in [3.63, 3.8) is 0 Å². The summed E-state index contributed by atoms with van der Waals surface area (Å²) in [5.74, 6) is 0.407. The first-order valence-electron chi connectivity index (χ1n) is 8.51. The third kappa shape index (κ3) is 4.92. The Balaban J connectivity index is 1.62. The van der Waals surface area contributed by atoms with Crippen LogP contribution in [0.2, 0.25) is 0 Å². The van der Waals surface area contributed by atoms with Gasteiger partial charge in [0.05, 0.1) is 0 Å². The Morgan fingerprint density at radius 3 is 2.19 bits per heavy atom. The number of para-hydroxylation sites is 1. The minimum atomic E-state index is -0.172. The van der Waals surface area contributed by atoms with E-state index in [4.69, 9.17) is 17.0 Å². The molecule has 0 unspecified atom stereocenters. The van der Waals surface area contributed by atoms with Crippen molar-refractivity contribution in [2.24, 2.45) is 0 Å². The van der Waals surface area contributed by atoms with E-state index in [0.29, 0.717) is 16.5 Å². The summed E-state index contributed by atoms with van der Waals surface area (Å²) in [6.07, 6.45) is 0. The smallest absolute Gasteiger partial charge is 0.269 e. The number of anilines is 2. The maximum absolute atomic E-state index is 12.3. The fourth-order valence-corrected chi connectivity index (χ4v) is 2.64. The predicted octanol–water partition coefficient (Wildman–Crippen LogP) is 5.05. The van der Waals surface area contributed by atoms with Crippen molar-refractivity contribution in [1.29, 1.82) is 0 Å². The van der Waals surface area contributed by atoms with E-state index in [1.807, 2.05) is 68.6 Å². The number of ether oxygens (including phenoxy) is 1. The summed E-state index contributed by atoms with van der Waals surface area (Å²) >= 11 is 5.35. The van der Waals surface area contributed by atoms with Crippen molar-refractivity contribution in [3.05, 3.63) is 90.0 Å². The van der Waals surface area contributed by atoms with Gasteiger partial charge in [0.1, 0.15) is 5.75 Å². The van der Waals surface area contributed by atoms with E-state index in [0.717, 1.165) is 16.9 Å². The molecule has 1 amide bonds. The van der Waals surface area contributed by atoms with Gasteiger partial charge in [0.2, 0.25) is 0 Å². The number of rotatable bonds is 4. The molecule has 3 rings (SSSR count). The highest BCUT2D eigenvalue weighted by Crippen LogP contribution is 2.18. The number of hydrogen-bond acceptors (Lipinski definition) is 3. The van der Waals surface area contributed by atoms with Crippen LogP contribution in [0.1, 0.15) is 15.9 Å². The summed E-state index contributed by atoms with van der Waals surface area (Å²) in [5.41, 5.74) is 3.39. The Labute approximate surface area is 164 Å². The highest BCUT2D eigenvalue weighted by Gasteiger charge is 2.10. The number of amides is 1. The minimum Gasteiger partial charge on any atom is -0.432 e. The van der Waals surface area contributed by atoms with E-state index < -0.39 is 0 Å². The third-order valence-electron chi connectivity index (χ3n) is 4.05. The second-order valence-corrected chi connectivity index (χ2v) is 6.46. The zero-order valence-corrected chi connectivity index (χ0v) is 16.0. The molecule has 0 saturated carbocycles. The number of carbonyl (C=O) groups excluding carboxylic acids is 1. The number of carbonyl (C=O) groups is 1. The summed E-state index contributed by atoms with van der Waals surface area (Å²) in [6, 6.07) is 24.3. The lowest BCUT2D eigenvalue weighted by molar-refractivity contribution is 0.102. The molecule has 0 bridgehead atoms. The van der Waals surface area contributed by atoms with Crippen molar-refractivity contribution in [2.45, 2.75) is 6.92 Å². The van der Waals surface area contributed by atoms with Crippen LogP contribution in [-0.2, 0) is 0 Å². The minimum absolute atomic E-state index is 0.172. The first-order valence-corrected chi connectivity index (χ1v) is 8.92. The number of hydrogen-bond donors (Lipinski definition) is 1. The third-order valence-corrected chi connectivity index (χ3v) is 4.41. The Hall–Kier alpha value is -3.18. The molecule has 1 N–H and O–H groups in total. The molecule has 3 aromatic carbocycles. The van der Waals surface area contributed by atoms with E-state index >= 15 is 0 Å². The molecule has 136 valence electrons. The van der Waals surface area contributed by atoms with E-state index in [-0.39, 0.29) is 5.91 Å². The summed E-state index contributed by atoms with van der Waals surface area (Å²) in [6.45, 7) is 2.00. The predicted molar refractivity (Wildman–Crippen MR) is 114 cm³/mol. The van der Waals surface area contributed by atoms with Gasteiger partial charge in [-0.1, -0.05) is 35.9 Å². The van der Waals surface area contributed by atoms with Crippen LogP contribution in [0.5, 0.6) is 5.75 Å². The average molecular weight is 376 g/mol. The normalized spacial score (nSPS) is 10.1. The molecule has 0 aromatic heterocycles. The first kappa shape index (κ1) is 18.6. The van der Waals surface area contributed by atoms with Crippen molar-refractivity contribution in [1.82, 2.24) is 0 Å². The monoisotopic (exact) mass is 376 g/mol. The molecule has 0 saturated heterocycles. The molecule has 0 aliphatic heterocycles. The van der Waals surface area contributed by atoms with Crippen molar-refractivity contribution >= 4 is 34.7 Å². The molecule has 0 aliphatic rings. The molecule has 0 aliphatic carbocycles. The Kier molecular flexibility index (Phi) is 5.84. The molecule has 0 fully saturated rings. The van der Waals surface area contributed by atoms with E-state index in [1.165, 1.54) is 0 Å². The summed E-state index contributed by atoms with van der Waals surface area (Å²) in [4.78, 5) is 14.1. The SMILES string of the molecule is Cc1ccc(NC(=O)c2ccc(OC(=S)N(C)c3ccccc3)cc2)cc1.